The first kappa shape index (κ1) is 15.1. The predicted molar refractivity (Wildman–Crippen MR) is 66.9 cm³/mol. The number of aliphatic hydroxyl groups is 1. The monoisotopic (exact) mass is 339 g/mol. The first-order valence-electron chi connectivity index (χ1n) is 6.40. The molecule has 1 aromatic rings. The van der Waals surface area contributed by atoms with Crippen LogP contribution in [-0.2, 0) is 31.0 Å². The van der Waals surface area contributed by atoms with Crippen molar-refractivity contribution < 1.29 is 45.2 Å². The number of carbonyl (C=O) groups is 1. The molecule has 1 heterocycles. The van der Waals surface area contributed by atoms with Crippen LogP contribution in [0.3, 0.4) is 0 Å². The van der Waals surface area contributed by atoms with E-state index in [2.05, 4.69) is 0 Å². The average molecular weight is 339 g/mol. The molecular formula is C14H17FNO2Y. The molecule has 1 amide bonds. The summed E-state index contributed by atoms with van der Waals surface area (Å²) in [7, 11) is 0. The van der Waals surface area contributed by atoms with Crippen LogP contribution in [0.5, 0.6) is 0 Å². The van der Waals surface area contributed by atoms with Crippen molar-refractivity contribution in [2.24, 2.45) is 0 Å². The third kappa shape index (κ3) is 3.42. The summed E-state index contributed by atoms with van der Waals surface area (Å²) >= 11 is 0.981. The van der Waals surface area contributed by atoms with Crippen molar-refractivity contribution in [3.63, 3.8) is 0 Å². The van der Waals surface area contributed by atoms with Gasteiger partial charge in [0.2, 0.25) is 0 Å². The van der Waals surface area contributed by atoms with Crippen LogP contribution in [-0.4, -0.2) is 41.3 Å². The van der Waals surface area contributed by atoms with E-state index in [9.17, 15) is 9.18 Å². The summed E-state index contributed by atoms with van der Waals surface area (Å²) in [6, 6.07) is 5.73. The van der Waals surface area contributed by atoms with Crippen molar-refractivity contribution >= 4 is 8.28 Å². The number of piperidine rings is 1. The van der Waals surface area contributed by atoms with Crippen molar-refractivity contribution in [2.45, 2.75) is 25.4 Å². The third-order valence-corrected chi connectivity index (χ3v) is 5.29. The Labute approximate surface area is 132 Å². The number of aryl methyl sites for hydroxylation is 1. The van der Waals surface area contributed by atoms with E-state index in [0.717, 1.165) is 31.0 Å². The summed E-state index contributed by atoms with van der Waals surface area (Å²) in [5.41, 5.74) is 0.385. The quantitative estimate of drug-likeness (QED) is 0.877. The van der Waals surface area contributed by atoms with Crippen LogP contribution < -0.4 is 2.37 Å². The molecule has 5 heteroatoms. The van der Waals surface area contributed by atoms with E-state index in [1.165, 1.54) is 7.94 Å². The summed E-state index contributed by atoms with van der Waals surface area (Å²) in [4.78, 5) is 14.0. The molecule has 1 aliphatic heterocycles. The SMILES string of the molecule is Cc1ccc(C(=O)N2CCC(F)(CO)CC2)c[c]1[Y]. The van der Waals surface area contributed by atoms with Gasteiger partial charge in [-0.3, -0.25) is 0 Å². The second-order valence-corrected chi connectivity index (χ2v) is 6.70. The van der Waals surface area contributed by atoms with Crippen LogP contribution in [0.1, 0.15) is 28.8 Å². The van der Waals surface area contributed by atoms with Crippen molar-refractivity contribution in [2.75, 3.05) is 19.7 Å². The zero-order valence-electron chi connectivity index (χ0n) is 11.0. The number of alkyl halides is 1. The van der Waals surface area contributed by atoms with Gasteiger partial charge in [0, 0.05) is 0 Å². The molecule has 0 radical (unpaired) electrons. The fraction of sp³-hybridized carbons (Fsp3) is 0.500. The molecule has 2 rings (SSSR count). The van der Waals surface area contributed by atoms with E-state index in [1.807, 2.05) is 25.1 Å². The Kier molecular flexibility index (Phi) is 4.75. The molecule has 0 spiro atoms. The van der Waals surface area contributed by atoms with Gasteiger partial charge >= 0.3 is 133 Å². The predicted octanol–water partition coefficient (Wildman–Crippen LogP) is 1.10. The molecule has 0 aromatic heterocycles. The van der Waals surface area contributed by atoms with Crippen LogP contribution in [0.4, 0.5) is 4.39 Å². The number of amides is 1. The van der Waals surface area contributed by atoms with Crippen LogP contribution in [0.25, 0.3) is 0 Å². The molecule has 0 unspecified atom stereocenters. The summed E-state index contributed by atoms with van der Waals surface area (Å²) in [6.45, 7) is 2.33. The number of hydrogen-bond acceptors (Lipinski definition) is 2. The number of aliphatic hydroxyl groups excluding tert-OH is 1. The van der Waals surface area contributed by atoms with E-state index in [-0.39, 0.29) is 18.7 Å². The molecule has 3 nitrogen and oxygen atoms in total. The first-order valence-corrected chi connectivity index (χ1v) is 7.82. The maximum absolute atomic E-state index is 13.9. The van der Waals surface area contributed by atoms with Crippen LogP contribution in [0.2, 0.25) is 0 Å². The number of halogens is 1. The fourth-order valence-corrected chi connectivity index (χ4v) is 2.90. The summed E-state index contributed by atoms with van der Waals surface area (Å²) in [6.07, 6.45) is 0.433. The normalized spacial score (nSPS) is 18.3. The number of rotatable bonds is 2. The van der Waals surface area contributed by atoms with Crippen LogP contribution in [0.15, 0.2) is 18.2 Å². The van der Waals surface area contributed by atoms with E-state index < -0.39 is 12.3 Å². The second-order valence-electron chi connectivity index (χ2n) is 5.17. The van der Waals surface area contributed by atoms with Gasteiger partial charge in [-0.1, -0.05) is 0 Å². The van der Waals surface area contributed by atoms with Gasteiger partial charge in [-0.25, -0.2) is 0 Å². The van der Waals surface area contributed by atoms with Gasteiger partial charge < -0.3 is 0 Å². The molecule has 19 heavy (non-hydrogen) atoms. The van der Waals surface area contributed by atoms with Crippen molar-refractivity contribution in [1.82, 2.24) is 4.90 Å². The summed E-state index contributed by atoms with van der Waals surface area (Å²) in [5.74, 6) is -0.0319. The molecule has 1 aliphatic rings. The zero-order chi connectivity index (χ0) is 14.0. The molecule has 0 bridgehead atoms. The average Bonchev–Trinajstić information content (AvgIpc) is 2.42. The number of benzene rings is 1. The maximum atomic E-state index is 13.9. The van der Waals surface area contributed by atoms with Gasteiger partial charge in [0.15, 0.2) is 0 Å². The molecule has 1 aromatic carbocycles. The van der Waals surface area contributed by atoms with Crippen molar-refractivity contribution in [3.05, 3.63) is 29.3 Å². The fourth-order valence-electron chi connectivity index (χ4n) is 2.22. The number of likely N-dealkylation sites (tertiary alicyclic amines) is 1. The Hall–Kier alpha value is -0.316. The van der Waals surface area contributed by atoms with Gasteiger partial charge in [0.1, 0.15) is 0 Å². The molecule has 0 atom stereocenters. The summed E-state index contributed by atoms with van der Waals surface area (Å²) < 4.78 is 15.1. The Bertz CT molecular complexity index is 484. The summed E-state index contributed by atoms with van der Waals surface area (Å²) in [5, 5.41) is 8.98. The van der Waals surface area contributed by atoms with Crippen molar-refractivity contribution in [1.29, 1.82) is 0 Å². The van der Waals surface area contributed by atoms with E-state index in [0.29, 0.717) is 18.7 Å². The van der Waals surface area contributed by atoms with E-state index in [1.54, 1.807) is 4.90 Å². The molecule has 1 N–H and O–H groups in total. The Balaban J connectivity index is 2.07. The van der Waals surface area contributed by atoms with Gasteiger partial charge in [0.05, 0.1) is 0 Å². The van der Waals surface area contributed by atoms with Gasteiger partial charge in [0.25, 0.3) is 0 Å². The molecule has 1 saturated heterocycles. The minimum atomic E-state index is -1.51. The molecule has 0 saturated carbocycles. The molecule has 100 valence electrons. The molecule has 1 fully saturated rings. The molecule has 0 aliphatic carbocycles. The second kappa shape index (κ2) is 5.98. The Morgan fingerprint density at radius 2 is 2.11 bits per heavy atom. The minimum absolute atomic E-state index is 0.0319. The standard InChI is InChI=1S/C14H17FNO2.Y/c1-11-2-4-12(5-3-11)13(18)16-8-6-14(15,10-17)7-9-16;/h2,4-5,17H,6-10H2,1H3;. The number of hydrogen-bond donors (Lipinski definition) is 1. The van der Waals surface area contributed by atoms with Gasteiger partial charge in [-0.05, 0) is 0 Å². The van der Waals surface area contributed by atoms with E-state index in [4.69, 9.17) is 5.11 Å². The Morgan fingerprint density at radius 3 is 2.63 bits per heavy atom. The number of nitrogens with zero attached hydrogens (tertiary/aromatic N) is 1. The topological polar surface area (TPSA) is 40.5 Å². The third-order valence-electron chi connectivity index (χ3n) is 3.76. The van der Waals surface area contributed by atoms with E-state index >= 15 is 0 Å². The van der Waals surface area contributed by atoms with Gasteiger partial charge in [-0.2, -0.15) is 0 Å². The Morgan fingerprint density at radius 1 is 1.47 bits per heavy atom. The zero-order valence-corrected chi connectivity index (χ0v) is 13.9. The van der Waals surface area contributed by atoms with Gasteiger partial charge in [-0.15, -0.1) is 0 Å². The first-order chi connectivity index (χ1) is 8.95. The van der Waals surface area contributed by atoms with Crippen LogP contribution in [0, 0.1) is 6.92 Å². The van der Waals surface area contributed by atoms with Crippen LogP contribution >= 0.6 is 0 Å². The number of carbonyl (C=O) groups excluding carboxylic acids is 1. The molecular weight excluding hydrogens is 322 g/mol. The van der Waals surface area contributed by atoms with Crippen molar-refractivity contribution in [3.8, 4) is 0 Å².